The summed E-state index contributed by atoms with van der Waals surface area (Å²) in [7, 11) is 0. The smallest absolute Gasteiger partial charge is 0.164 e. The van der Waals surface area contributed by atoms with Crippen molar-refractivity contribution < 1.29 is 9.18 Å². The molecule has 0 heterocycles. The van der Waals surface area contributed by atoms with Crippen LogP contribution >= 0.6 is 15.9 Å². The van der Waals surface area contributed by atoms with Crippen LogP contribution in [0.5, 0.6) is 0 Å². The molecule has 1 aromatic rings. The van der Waals surface area contributed by atoms with Crippen LogP contribution in [0.25, 0.3) is 0 Å². The fourth-order valence-electron chi connectivity index (χ4n) is 1.27. The zero-order chi connectivity index (χ0) is 11.4. The number of ketones is 1. The number of carbonyl (C=O) groups is 1. The Morgan fingerprint density at radius 1 is 1.47 bits per heavy atom. The van der Waals surface area contributed by atoms with Gasteiger partial charge in [0, 0.05) is 12.0 Å². The lowest BCUT2D eigenvalue weighted by molar-refractivity contribution is 0.0974. The fourth-order valence-corrected chi connectivity index (χ4v) is 1.76. The van der Waals surface area contributed by atoms with Crippen molar-refractivity contribution in [2.45, 2.75) is 26.7 Å². The first-order chi connectivity index (χ1) is 7.02. The SMILES string of the molecule is CC(C)CCC(=O)c1cccc(F)c1Br. The van der Waals surface area contributed by atoms with Crippen LogP contribution < -0.4 is 0 Å². The summed E-state index contributed by atoms with van der Waals surface area (Å²) in [4.78, 5) is 11.7. The standard InChI is InChI=1S/C12H14BrFO/c1-8(2)6-7-11(15)9-4-3-5-10(14)12(9)13/h3-5,8H,6-7H2,1-2H3. The highest BCUT2D eigenvalue weighted by atomic mass is 79.9. The Labute approximate surface area is 97.8 Å². The number of halogens is 2. The van der Waals surface area contributed by atoms with E-state index in [0.29, 0.717) is 17.9 Å². The second-order valence-corrected chi connectivity index (χ2v) is 4.75. The molecule has 0 aromatic heterocycles. The second-order valence-electron chi connectivity index (χ2n) is 3.96. The quantitative estimate of drug-likeness (QED) is 0.751. The predicted molar refractivity (Wildman–Crippen MR) is 62.5 cm³/mol. The molecule has 82 valence electrons. The van der Waals surface area contributed by atoms with Gasteiger partial charge in [-0.15, -0.1) is 0 Å². The Bertz CT molecular complexity index is 361. The highest BCUT2D eigenvalue weighted by molar-refractivity contribution is 9.10. The summed E-state index contributed by atoms with van der Waals surface area (Å²) < 4.78 is 13.4. The molecule has 0 saturated heterocycles. The molecule has 0 atom stereocenters. The molecule has 0 radical (unpaired) electrons. The van der Waals surface area contributed by atoms with Crippen molar-refractivity contribution in [1.29, 1.82) is 0 Å². The molecular formula is C12H14BrFO. The number of Topliss-reactive ketones (excluding diaryl/α,β-unsaturated/α-hetero) is 1. The van der Waals surface area contributed by atoms with Gasteiger partial charge in [0.2, 0.25) is 0 Å². The van der Waals surface area contributed by atoms with Crippen LogP contribution in [-0.4, -0.2) is 5.78 Å². The third-order valence-electron chi connectivity index (χ3n) is 2.20. The third-order valence-corrected chi connectivity index (χ3v) is 3.01. The lowest BCUT2D eigenvalue weighted by Crippen LogP contribution is -2.03. The van der Waals surface area contributed by atoms with Gasteiger partial charge in [-0.3, -0.25) is 4.79 Å². The summed E-state index contributed by atoms with van der Waals surface area (Å²) in [6.07, 6.45) is 1.31. The van der Waals surface area contributed by atoms with Crippen LogP contribution in [0.1, 0.15) is 37.0 Å². The van der Waals surface area contributed by atoms with E-state index in [9.17, 15) is 9.18 Å². The van der Waals surface area contributed by atoms with Gasteiger partial charge >= 0.3 is 0 Å². The minimum atomic E-state index is -0.384. The molecule has 1 rings (SSSR count). The van der Waals surface area contributed by atoms with Crippen molar-refractivity contribution in [3.8, 4) is 0 Å². The van der Waals surface area contributed by atoms with Crippen molar-refractivity contribution in [1.82, 2.24) is 0 Å². The predicted octanol–water partition coefficient (Wildman–Crippen LogP) is 4.21. The Balaban J connectivity index is 2.78. The lowest BCUT2D eigenvalue weighted by Gasteiger charge is -2.06. The summed E-state index contributed by atoms with van der Waals surface area (Å²) in [5.41, 5.74) is 0.440. The van der Waals surface area contributed by atoms with E-state index in [1.54, 1.807) is 12.1 Å². The zero-order valence-electron chi connectivity index (χ0n) is 8.89. The van der Waals surface area contributed by atoms with Crippen LogP contribution in [0.15, 0.2) is 22.7 Å². The number of hydrogen-bond donors (Lipinski definition) is 0. The van der Waals surface area contributed by atoms with E-state index in [1.165, 1.54) is 6.07 Å². The van der Waals surface area contributed by atoms with E-state index in [0.717, 1.165) is 6.42 Å². The molecule has 3 heteroatoms. The van der Waals surface area contributed by atoms with Crippen molar-refractivity contribution >= 4 is 21.7 Å². The fraction of sp³-hybridized carbons (Fsp3) is 0.417. The Morgan fingerprint density at radius 2 is 2.13 bits per heavy atom. The van der Waals surface area contributed by atoms with Crippen molar-refractivity contribution in [2.75, 3.05) is 0 Å². The van der Waals surface area contributed by atoms with Gasteiger partial charge in [0.15, 0.2) is 5.78 Å². The number of carbonyl (C=O) groups excluding carboxylic acids is 1. The Hall–Kier alpha value is -0.700. The van der Waals surface area contributed by atoms with Crippen LogP contribution in [0, 0.1) is 11.7 Å². The molecule has 0 aliphatic rings. The average Bonchev–Trinajstić information content (AvgIpc) is 2.18. The van der Waals surface area contributed by atoms with E-state index in [2.05, 4.69) is 29.8 Å². The van der Waals surface area contributed by atoms with Gasteiger partial charge in [0.25, 0.3) is 0 Å². The molecule has 0 aliphatic carbocycles. The molecule has 0 bridgehead atoms. The number of hydrogen-bond acceptors (Lipinski definition) is 1. The molecule has 0 unspecified atom stereocenters. The molecule has 0 N–H and O–H groups in total. The molecule has 0 spiro atoms. The topological polar surface area (TPSA) is 17.1 Å². The largest absolute Gasteiger partial charge is 0.294 e. The first-order valence-electron chi connectivity index (χ1n) is 4.99. The number of rotatable bonds is 4. The van der Waals surface area contributed by atoms with Gasteiger partial charge in [-0.05, 0) is 34.3 Å². The normalized spacial score (nSPS) is 10.7. The van der Waals surface area contributed by atoms with E-state index in [4.69, 9.17) is 0 Å². The summed E-state index contributed by atoms with van der Waals surface area (Å²) >= 11 is 3.09. The van der Waals surface area contributed by atoms with Crippen LogP contribution in [0.3, 0.4) is 0 Å². The van der Waals surface area contributed by atoms with Crippen molar-refractivity contribution in [3.63, 3.8) is 0 Å². The van der Waals surface area contributed by atoms with Gasteiger partial charge in [-0.2, -0.15) is 0 Å². The first kappa shape index (κ1) is 12.4. The molecular weight excluding hydrogens is 259 g/mol. The Kier molecular flexibility index (Phi) is 4.45. The van der Waals surface area contributed by atoms with Gasteiger partial charge in [0.1, 0.15) is 5.82 Å². The minimum absolute atomic E-state index is 0.00456. The molecule has 1 nitrogen and oxygen atoms in total. The summed E-state index contributed by atoms with van der Waals surface area (Å²) in [6, 6.07) is 4.54. The molecule has 0 amide bonds. The second kappa shape index (κ2) is 5.40. The van der Waals surface area contributed by atoms with Crippen LogP contribution in [0.2, 0.25) is 0 Å². The van der Waals surface area contributed by atoms with Gasteiger partial charge in [-0.1, -0.05) is 26.0 Å². The molecule has 0 fully saturated rings. The van der Waals surface area contributed by atoms with E-state index >= 15 is 0 Å². The van der Waals surface area contributed by atoms with Crippen molar-refractivity contribution in [2.24, 2.45) is 5.92 Å². The summed E-state index contributed by atoms with van der Waals surface area (Å²) in [6.45, 7) is 4.13. The van der Waals surface area contributed by atoms with Gasteiger partial charge < -0.3 is 0 Å². The monoisotopic (exact) mass is 272 g/mol. The highest BCUT2D eigenvalue weighted by Gasteiger charge is 2.12. The maximum Gasteiger partial charge on any atom is 0.164 e. The van der Waals surface area contributed by atoms with Crippen LogP contribution in [-0.2, 0) is 0 Å². The Morgan fingerprint density at radius 3 is 2.73 bits per heavy atom. The zero-order valence-corrected chi connectivity index (χ0v) is 10.5. The maximum absolute atomic E-state index is 13.1. The molecule has 15 heavy (non-hydrogen) atoms. The van der Waals surface area contributed by atoms with E-state index in [1.807, 2.05) is 0 Å². The van der Waals surface area contributed by atoms with Gasteiger partial charge in [-0.25, -0.2) is 4.39 Å². The lowest BCUT2D eigenvalue weighted by atomic mass is 10.0. The first-order valence-corrected chi connectivity index (χ1v) is 5.79. The van der Waals surface area contributed by atoms with Gasteiger partial charge in [0.05, 0.1) is 4.47 Å². The third kappa shape index (κ3) is 3.42. The summed E-state index contributed by atoms with van der Waals surface area (Å²) in [5, 5.41) is 0. The highest BCUT2D eigenvalue weighted by Crippen LogP contribution is 2.22. The average molecular weight is 273 g/mol. The maximum atomic E-state index is 13.1. The van der Waals surface area contributed by atoms with E-state index < -0.39 is 0 Å². The summed E-state index contributed by atoms with van der Waals surface area (Å²) in [5.74, 6) is 0.0988. The molecule has 0 aliphatic heterocycles. The van der Waals surface area contributed by atoms with Crippen molar-refractivity contribution in [3.05, 3.63) is 34.1 Å². The van der Waals surface area contributed by atoms with Crippen LogP contribution in [0.4, 0.5) is 4.39 Å². The minimum Gasteiger partial charge on any atom is -0.294 e. The van der Waals surface area contributed by atoms with E-state index in [-0.39, 0.29) is 16.1 Å². The number of benzene rings is 1. The molecule has 0 saturated carbocycles. The molecule has 1 aromatic carbocycles.